The second-order valence-electron chi connectivity index (χ2n) is 4.92. The maximum Gasteiger partial charge on any atom is 0.0900 e. The van der Waals surface area contributed by atoms with Gasteiger partial charge in [-0.2, -0.15) is 11.8 Å². The molecule has 0 radical (unpaired) electrons. The van der Waals surface area contributed by atoms with Gasteiger partial charge in [-0.15, -0.1) is 0 Å². The van der Waals surface area contributed by atoms with E-state index in [-0.39, 0.29) is 6.10 Å². The van der Waals surface area contributed by atoms with Gasteiger partial charge in [0.05, 0.1) is 19.3 Å². The Morgan fingerprint density at radius 3 is 2.89 bits per heavy atom. The summed E-state index contributed by atoms with van der Waals surface area (Å²) in [5.74, 6) is 2.43. The van der Waals surface area contributed by atoms with Crippen molar-refractivity contribution in [2.45, 2.75) is 19.1 Å². The number of rotatable bonds is 6. The first-order valence-corrected chi connectivity index (χ1v) is 8.10. The molecule has 1 aliphatic heterocycles. The van der Waals surface area contributed by atoms with Crippen LogP contribution in [0.1, 0.15) is 12.0 Å². The molecule has 3 nitrogen and oxygen atoms in total. The Morgan fingerprint density at radius 1 is 1.21 bits per heavy atom. The van der Waals surface area contributed by atoms with Gasteiger partial charge in [-0.1, -0.05) is 30.3 Å². The van der Waals surface area contributed by atoms with Crippen molar-refractivity contribution in [1.82, 2.24) is 4.90 Å². The average Bonchev–Trinajstić information content (AvgIpc) is 2.68. The Bertz CT molecular complexity index is 339. The number of hydrogen-bond donors (Lipinski definition) is 1. The minimum Gasteiger partial charge on any atom is -0.389 e. The predicted octanol–water partition coefficient (Wildman–Crippen LogP) is 2.00. The molecular weight excluding hydrogens is 258 g/mol. The van der Waals surface area contributed by atoms with Gasteiger partial charge in [0.25, 0.3) is 0 Å². The molecule has 1 atom stereocenters. The van der Waals surface area contributed by atoms with Crippen LogP contribution in [0.4, 0.5) is 0 Å². The van der Waals surface area contributed by atoms with Gasteiger partial charge in [-0.25, -0.2) is 0 Å². The molecule has 0 aliphatic carbocycles. The Balaban J connectivity index is 1.62. The van der Waals surface area contributed by atoms with E-state index in [4.69, 9.17) is 4.74 Å². The molecule has 1 N–H and O–H groups in total. The SMILES string of the molecule is OC(COCc1ccccc1)CN1CCCSCC1. The number of aliphatic hydroxyl groups excluding tert-OH is 1. The molecule has 1 aromatic rings. The highest BCUT2D eigenvalue weighted by Crippen LogP contribution is 2.10. The van der Waals surface area contributed by atoms with Crippen LogP contribution < -0.4 is 0 Å². The largest absolute Gasteiger partial charge is 0.389 e. The second kappa shape index (κ2) is 8.59. The maximum atomic E-state index is 10.00. The van der Waals surface area contributed by atoms with Crippen molar-refractivity contribution >= 4 is 11.8 Å². The van der Waals surface area contributed by atoms with Crippen LogP contribution in [0.2, 0.25) is 0 Å². The monoisotopic (exact) mass is 281 g/mol. The lowest BCUT2D eigenvalue weighted by Crippen LogP contribution is -2.36. The summed E-state index contributed by atoms with van der Waals surface area (Å²) in [6.45, 7) is 3.91. The Kier molecular flexibility index (Phi) is 6.71. The molecule has 1 heterocycles. The Labute approximate surface area is 120 Å². The third-order valence-corrected chi connectivity index (χ3v) is 4.25. The summed E-state index contributed by atoms with van der Waals surface area (Å²) in [6, 6.07) is 10.1. The minimum absolute atomic E-state index is 0.383. The zero-order chi connectivity index (χ0) is 13.3. The van der Waals surface area contributed by atoms with Crippen molar-refractivity contribution in [2.75, 3.05) is 37.7 Å². The first-order valence-electron chi connectivity index (χ1n) is 6.94. The van der Waals surface area contributed by atoms with E-state index < -0.39 is 0 Å². The summed E-state index contributed by atoms with van der Waals surface area (Å²) >= 11 is 2.01. The highest BCUT2D eigenvalue weighted by Gasteiger charge is 2.13. The predicted molar refractivity (Wildman–Crippen MR) is 80.5 cm³/mol. The van der Waals surface area contributed by atoms with Gasteiger partial charge in [-0.05, 0) is 24.3 Å². The van der Waals surface area contributed by atoms with Gasteiger partial charge in [0, 0.05) is 18.8 Å². The van der Waals surface area contributed by atoms with Crippen molar-refractivity contribution < 1.29 is 9.84 Å². The fourth-order valence-corrected chi connectivity index (χ4v) is 3.14. The smallest absolute Gasteiger partial charge is 0.0900 e. The molecule has 19 heavy (non-hydrogen) atoms. The lowest BCUT2D eigenvalue weighted by Gasteiger charge is -2.22. The van der Waals surface area contributed by atoms with Gasteiger partial charge in [0.2, 0.25) is 0 Å². The second-order valence-corrected chi connectivity index (χ2v) is 6.15. The molecule has 2 rings (SSSR count). The van der Waals surface area contributed by atoms with Gasteiger partial charge >= 0.3 is 0 Å². The van der Waals surface area contributed by atoms with E-state index in [1.165, 1.54) is 17.9 Å². The van der Waals surface area contributed by atoms with Crippen molar-refractivity contribution in [1.29, 1.82) is 0 Å². The number of hydrogen-bond acceptors (Lipinski definition) is 4. The van der Waals surface area contributed by atoms with Gasteiger partial charge < -0.3 is 9.84 Å². The fourth-order valence-electron chi connectivity index (χ4n) is 2.22. The molecule has 0 spiro atoms. The molecule has 0 bridgehead atoms. The number of benzene rings is 1. The zero-order valence-corrected chi connectivity index (χ0v) is 12.1. The van der Waals surface area contributed by atoms with E-state index in [1.54, 1.807) is 0 Å². The van der Waals surface area contributed by atoms with E-state index in [1.807, 2.05) is 42.1 Å². The van der Waals surface area contributed by atoms with Crippen LogP contribution >= 0.6 is 11.8 Å². The number of ether oxygens (including phenoxy) is 1. The van der Waals surface area contributed by atoms with E-state index in [9.17, 15) is 5.11 Å². The highest BCUT2D eigenvalue weighted by molar-refractivity contribution is 7.99. The third-order valence-electron chi connectivity index (χ3n) is 3.21. The molecule has 1 unspecified atom stereocenters. The van der Waals surface area contributed by atoms with Gasteiger partial charge in [0.15, 0.2) is 0 Å². The van der Waals surface area contributed by atoms with E-state index in [0.717, 1.165) is 25.2 Å². The Morgan fingerprint density at radius 2 is 2.05 bits per heavy atom. The number of thioether (sulfide) groups is 1. The van der Waals surface area contributed by atoms with E-state index in [2.05, 4.69) is 4.90 Å². The van der Waals surface area contributed by atoms with Crippen LogP contribution in [-0.2, 0) is 11.3 Å². The molecule has 1 fully saturated rings. The van der Waals surface area contributed by atoms with E-state index >= 15 is 0 Å². The van der Waals surface area contributed by atoms with Crippen LogP contribution in [-0.4, -0.2) is 53.9 Å². The summed E-state index contributed by atoms with van der Waals surface area (Å²) in [6.07, 6.45) is 0.842. The topological polar surface area (TPSA) is 32.7 Å². The molecular formula is C15H23NO2S. The fraction of sp³-hybridized carbons (Fsp3) is 0.600. The van der Waals surface area contributed by atoms with Gasteiger partial charge in [0.1, 0.15) is 0 Å². The molecule has 0 saturated carbocycles. The molecule has 4 heteroatoms. The Hall–Kier alpha value is -0.550. The zero-order valence-electron chi connectivity index (χ0n) is 11.3. The van der Waals surface area contributed by atoms with Crippen LogP contribution in [0.3, 0.4) is 0 Å². The summed E-state index contributed by atoms with van der Waals surface area (Å²) in [5.41, 5.74) is 1.15. The number of nitrogens with zero attached hydrogens (tertiary/aromatic N) is 1. The van der Waals surface area contributed by atoms with Crippen LogP contribution in [0, 0.1) is 0 Å². The lowest BCUT2D eigenvalue weighted by atomic mass is 10.2. The van der Waals surface area contributed by atoms with Gasteiger partial charge in [-0.3, -0.25) is 4.90 Å². The molecule has 106 valence electrons. The standard InChI is InChI=1S/C15H23NO2S/c17-15(11-16-7-4-9-19-10-8-16)13-18-12-14-5-2-1-3-6-14/h1-3,5-6,15,17H,4,7-13H2. The summed E-state index contributed by atoms with van der Waals surface area (Å²) in [4.78, 5) is 2.34. The minimum atomic E-state index is -0.383. The molecule has 1 aromatic carbocycles. The van der Waals surface area contributed by atoms with Crippen molar-refractivity contribution in [2.24, 2.45) is 0 Å². The maximum absolute atomic E-state index is 10.00. The molecule has 0 amide bonds. The quantitative estimate of drug-likeness (QED) is 0.864. The van der Waals surface area contributed by atoms with Crippen molar-refractivity contribution in [3.8, 4) is 0 Å². The molecule has 0 aromatic heterocycles. The lowest BCUT2D eigenvalue weighted by molar-refractivity contribution is 0.0111. The summed E-state index contributed by atoms with van der Waals surface area (Å²) in [7, 11) is 0. The van der Waals surface area contributed by atoms with Crippen LogP contribution in [0.15, 0.2) is 30.3 Å². The number of β-amino-alcohol motifs (C(OH)–C–C–N with tert-alkyl or cyclic N) is 1. The third kappa shape index (κ3) is 5.95. The van der Waals surface area contributed by atoms with Crippen LogP contribution in [0.5, 0.6) is 0 Å². The highest BCUT2D eigenvalue weighted by atomic mass is 32.2. The van der Waals surface area contributed by atoms with Crippen LogP contribution in [0.25, 0.3) is 0 Å². The molecule has 1 aliphatic rings. The first-order chi connectivity index (χ1) is 9.34. The molecule has 1 saturated heterocycles. The summed E-state index contributed by atoms with van der Waals surface area (Å²) < 4.78 is 5.57. The van der Waals surface area contributed by atoms with Crippen molar-refractivity contribution in [3.05, 3.63) is 35.9 Å². The normalized spacial score (nSPS) is 19.0. The first kappa shape index (κ1) is 14.9. The van der Waals surface area contributed by atoms with E-state index in [0.29, 0.717) is 13.2 Å². The number of aliphatic hydroxyl groups is 1. The summed E-state index contributed by atoms with van der Waals surface area (Å²) in [5, 5.41) is 10.00. The average molecular weight is 281 g/mol. The van der Waals surface area contributed by atoms with Crippen molar-refractivity contribution in [3.63, 3.8) is 0 Å².